The molecular weight excluding hydrogens is 270 g/mol. The first-order valence-corrected chi connectivity index (χ1v) is 7.76. The Hall–Kier alpha value is -1.14. The third-order valence-corrected chi connectivity index (χ3v) is 4.59. The van der Waals surface area contributed by atoms with Gasteiger partial charge in [-0.3, -0.25) is 14.5 Å². The number of rotatable bonds is 4. The van der Waals surface area contributed by atoms with E-state index in [4.69, 9.17) is 4.74 Å². The minimum Gasteiger partial charge on any atom is -0.455 e. The molecule has 1 amide bonds. The number of likely N-dealkylation sites (N-methyl/N-ethyl adjacent to an activating group) is 1. The van der Waals surface area contributed by atoms with Crippen LogP contribution in [0.1, 0.15) is 19.3 Å². The van der Waals surface area contributed by atoms with Crippen LogP contribution in [0.4, 0.5) is 0 Å². The van der Waals surface area contributed by atoms with Crippen molar-refractivity contribution < 1.29 is 14.3 Å². The molecule has 1 unspecified atom stereocenters. The van der Waals surface area contributed by atoms with Crippen molar-refractivity contribution in [2.24, 2.45) is 5.92 Å². The van der Waals surface area contributed by atoms with Crippen molar-refractivity contribution in [1.29, 1.82) is 0 Å². The fourth-order valence-corrected chi connectivity index (χ4v) is 3.05. The number of carbonyl (C=O) groups excluding carboxylic acids is 2. The standard InChI is InChI=1S/C15H27N3O3/c1-16(2)14(19)11-21-15(20)12-4-9-18(10-12)13-5-7-17(3)8-6-13/h12-13H,4-11H2,1-3H3. The van der Waals surface area contributed by atoms with E-state index in [1.807, 2.05) is 0 Å². The number of esters is 1. The first-order valence-electron chi connectivity index (χ1n) is 7.76. The summed E-state index contributed by atoms with van der Waals surface area (Å²) in [4.78, 5) is 29.7. The molecule has 2 heterocycles. The molecular formula is C15H27N3O3. The van der Waals surface area contributed by atoms with Gasteiger partial charge in [0.15, 0.2) is 6.61 Å². The third kappa shape index (κ3) is 4.41. The molecule has 0 radical (unpaired) electrons. The van der Waals surface area contributed by atoms with Crippen LogP contribution in [0, 0.1) is 5.92 Å². The zero-order valence-corrected chi connectivity index (χ0v) is 13.4. The van der Waals surface area contributed by atoms with Crippen molar-refractivity contribution in [3.63, 3.8) is 0 Å². The van der Waals surface area contributed by atoms with Crippen molar-refractivity contribution in [2.75, 3.05) is 53.9 Å². The van der Waals surface area contributed by atoms with Crippen molar-refractivity contribution in [3.05, 3.63) is 0 Å². The van der Waals surface area contributed by atoms with Gasteiger partial charge >= 0.3 is 5.97 Å². The summed E-state index contributed by atoms with van der Waals surface area (Å²) in [7, 11) is 5.48. The van der Waals surface area contributed by atoms with Gasteiger partial charge in [-0.2, -0.15) is 0 Å². The van der Waals surface area contributed by atoms with Crippen molar-refractivity contribution >= 4 is 11.9 Å². The van der Waals surface area contributed by atoms with E-state index >= 15 is 0 Å². The molecule has 0 aliphatic carbocycles. The Bertz CT molecular complexity index is 378. The summed E-state index contributed by atoms with van der Waals surface area (Å²) in [6, 6.07) is 0.599. The number of ether oxygens (including phenoxy) is 1. The number of likely N-dealkylation sites (tertiary alicyclic amines) is 2. The van der Waals surface area contributed by atoms with E-state index in [-0.39, 0.29) is 24.4 Å². The first kappa shape index (κ1) is 16.2. The fraction of sp³-hybridized carbons (Fsp3) is 0.867. The lowest BCUT2D eigenvalue weighted by Gasteiger charge is -2.35. The average Bonchev–Trinajstić information content (AvgIpc) is 2.94. The van der Waals surface area contributed by atoms with Crippen LogP contribution in [0.3, 0.4) is 0 Å². The number of hydrogen-bond donors (Lipinski definition) is 0. The van der Waals surface area contributed by atoms with E-state index in [9.17, 15) is 9.59 Å². The third-order valence-electron chi connectivity index (χ3n) is 4.59. The van der Waals surface area contributed by atoms with Gasteiger partial charge in [0.25, 0.3) is 5.91 Å². The van der Waals surface area contributed by atoms with Gasteiger partial charge in [0.1, 0.15) is 0 Å². The van der Waals surface area contributed by atoms with Gasteiger partial charge in [-0.05, 0) is 45.9 Å². The van der Waals surface area contributed by atoms with Crippen molar-refractivity contribution in [2.45, 2.75) is 25.3 Å². The van der Waals surface area contributed by atoms with Crippen LogP contribution in [0.5, 0.6) is 0 Å². The number of piperidine rings is 1. The Morgan fingerprint density at radius 1 is 1.14 bits per heavy atom. The molecule has 2 rings (SSSR count). The highest BCUT2D eigenvalue weighted by Gasteiger charge is 2.34. The normalized spacial score (nSPS) is 25.0. The van der Waals surface area contributed by atoms with E-state index in [0.29, 0.717) is 6.04 Å². The minimum atomic E-state index is -0.222. The molecule has 2 saturated heterocycles. The molecule has 1 atom stereocenters. The highest BCUT2D eigenvalue weighted by molar-refractivity contribution is 5.81. The Labute approximate surface area is 127 Å². The lowest BCUT2D eigenvalue weighted by atomic mass is 10.0. The van der Waals surface area contributed by atoms with Crippen LogP contribution >= 0.6 is 0 Å². The highest BCUT2D eigenvalue weighted by Crippen LogP contribution is 2.24. The van der Waals surface area contributed by atoms with Crippen molar-refractivity contribution in [1.82, 2.24) is 14.7 Å². The largest absolute Gasteiger partial charge is 0.455 e. The molecule has 0 aromatic carbocycles. The van der Waals surface area contributed by atoms with Gasteiger partial charge in [0.05, 0.1) is 5.92 Å². The summed E-state index contributed by atoms with van der Waals surface area (Å²) in [5, 5.41) is 0. The maximum absolute atomic E-state index is 12.0. The maximum Gasteiger partial charge on any atom is 0.310 e. The smallest absolute Gasteiger partial charge is 0.310 e. The Morgan fingerprint density at radius 3 is 2.43 bits per heavy atom. The quantitative estimate of drug-likeness (QED) is 0.686. The predicted molar refractivity (Wildman–Crippen MR) is 79.9 cm³/mol. The summed E-state index contributed by atoms with van der Waals surface area (Å²) < 4.78 is 5.14. The number of carbonyl (C=O) groups is 2. The van der Waals surface area contributed by atoms with Gasteiger partial charge in [0, 0.05) is 26.7 Å². The fourth-order valence-electron chi connectivity index (χ4n) is 3.05. The molecule has 21 heavy (non-hydrogen) atoms. The van der Waals surface area contributed by atoms with Crippen LogP contribution in [0.15, 0.2) is 0 Å². The Morgan fingerprint density at radius 2 is 1.81 bits per heavy atom. The average molecular weight is 297 g/mol. The monoisotopic (exact) mass is 297 g/mol. The molecule has 0 aromatic heterocycles. The minimum absolute atomic E-state index is 0.0698. The molecule has 2 fully saturated rings. The summed E-state index contributed by atoms with van der Waals surface area (Å²) in [6.07, 6.45) is 3.20. The second kappa shape index (κ2) is 7.22. The van der Waals surface area contributed by atoms with Crippen molar-refractivity contribution in [3.8, 4) is 0 Å². The summed E-state index contributed by atoms with van der Waals surface area (Å²) in [5.41, 5.74) is 0. The second-order valence-electron chi connectivity index (χ2n) is 6.41. The van der Waals surface area contributed by atoms with E-state index < -0.39 is 0 Å². The van der Waals surface area contributed by atoms with Gasteiger partial charge in [0.2, 0.25) is 0 Å². The zero-order chi connectivity index (χ0) is 15.4. The molecule has 0 aromatic rings. The lowest BCUT2D eigenvalue weighted by molar-refractivity contribution is -0.154. The highest BCUT2D eigenvalue weighted by atomic mass is 16.5. The molecule has 2 aliphatic heterocycles. The molecule has 6 heteroatoms. The SMILES string of the molecule is CN1CCC(N2CCC(C(=O)OCC(=O)N(C)C)C2)CC1. The van der Waals surface area contributed by atoms with Gasteiger partial charge < -0.3 is 14.5 Å². The van der Waals surface area contributed by atoms with E-state index in [0.717, 1.165) is 32.6 Å². The summed E-state index contributed by atoms with van der Waals surface area (Å²) in [6.45, 7) is 3.87. The zero-order valence-electron chi connectivity index (χ0n) is 13.4. The molecule has 0 bridgehead atoms. The Balaban J connectivity index is 1.74. The predicted octanol–water partition coefficient (Wildman–Crippen LogP) is 0.0339. The van der Waals surface area contributed by atoms with Gasteiger partial charge in [-0.25, -0.2) is 0 Å². The molecule has 0 N–H and O–H groups in total. The molecule has 120 valence electrons. The molecule has 2 aliphatic rings. The second-order valence-corrected chi connectivity index (χ2v) is 6.41. The van der Waals surface area contributed by atoms with Crippen LogP contribution < -0.4 is 0 Å². The molecule has 0 saturated carbocycles. The van der Waals surface area contributed by atoms with Crippen LogP contribution in [-0.4, -0.2) is 86.5 Å². The van der Waals surface area contributed by atoms with Crippen LogP contribution in [-0.2, 0) is 14.3 Å². The van der Waals surface area contributed by atoms with Gasteiger partial charge in [-0.1, -0.05) is 0 Å². The lowest BCUT2D eigenvalue weighted by Crippen LogP contribution is -2.43. The number of hydrogen-bond acceptors (Lipinski definition) is 5. The topological polar surface area (TPSA) is 53.1 Å². The summed E-state index contributed by atoms with van der Waals surface area (Å²) >= 11 is 0. The Kier molecular flexibility index (Phi) is 5.58. The van der Waals surface area contributed by atoms with E-state index in [1.165, 1.54) is 17.7 Å². The van der Waals surface area contributed by atoms with Gasteiger partial charge in [-0.15, -0.1) is 0 Å². The molecule has 0 spiro atoms. The number of amides is 1. The first-order chi connectivity index (χ1) is 9.97. The maximum atomic E-state index is 12.0. The van der Waals surface area contributed by atoms with E-state index in [1.54, 1.807) is 14.1 Å². The molecule has 6 nitrogen and oxygen atoms in total. The van der Waals surface area contributed by atoms with Crippen LogP contribution in [0.25, 0.3) is 0 Å². The summed E-state index contributed by atoms with van der Waals surface area (Å²) in [5.74, 6) is -0.464. The van der Waals surface area contributed by atoms with E-state index in [2.05, 4.69) is 16.8 Å². The number of nitrogens with zero attached hydrogens (tertiary/aromatic N) is 3. The van der Waals surface area contributed by atoms with Crippen LogP contribution in [0.2, 0.25) is 0 Å².